The molecule has 126 valence electrons. The summed E-state index contributed by atoms with van der Waals surface area (Å²) in [5.74, 6) is -0.232. The SMILES string of the molecule is CCc1ccc(N2C(=O)[C@@H](N)[C@H]2c2ccc(C(F)(F)F)cc2)cc1. The zero-order chi connectivity index (χ0) is 17.5. The van der Waals surface area contributed by atoms with Gasteiger partial charge >= 0.3 is 6.18 Å². The second-order valence-electron chi connectivity index (χ2n) is 5.82. The highest BCUT2D eigenvalue weighted by molar-refractivity contribution is 6.05. The fraction of sp³-hybridized carbons (Fsp3) is 0.278. The zero-order valence-electron chi connectivity index (χ0n) is 13.0. The Hall–Kier alpha value is -2.34. The van der Waals surface area contributed by atoms with Crippen LogP contribution in [0, 0.1) is 0 Å². The van der Waals surface area contributed by atoms with E-state index in [1.807, 2.05) is 31.2 Å². The molecule has 0 radical (unpaired) electrons. The number of alkyl halides is 3. The number of anilines is 1. The number of hydrogen-bond donors (Lipinski definition) is 1. The maximum atomic E-state index is 12.7. The second kappa shape index (κ2) is 5.94. The van der Waals surface area contributed by atoms with E-state index >= 15 is 0 Å². The summed E-state index contributed by atoms with van der Waals surface area (Å²) in [6.45, 7) is 2.03. The molecule has 0 saturated carbocycles. The van der Waals surface area contributed by atoms with E-state index in [-0.39, 0.29) is 5.91 Å². The minimum Gasteiger partial charge on any atom is -0.318 e. The predicted octanol–water partition coefficient (Wildman–Crippen LogP) is 3.68. The Balaban J connectivity index is 1.89. The molecule has 2 aromatic rings. The van der Waals surface area contributed by atoms with Crippen LogP contribution in [0.15, 0.2) is 48.5 Å². The molecular formula is C18H17F3N2O. The van der Waals surface area contributed by atoms with Crippen LogP contribution >= 0.6 is 0 Å². The fourth-order valence-corrected chi connectivity index (χ4v) is 2.92. The molecule has 1 aliphatic heterocycles. The van der Waals surface area contributed by atoms with Gasteiger partial charge in [0.25, 0.3) is 0 Å². The molecule has 3 nitrogen and oxygen atoms in total. The number of halogens is 3. The Kier molecular flexibility index (Phi) is 4.09. The molecule has 6 heteroatoms. The third kappa shape index (κ3) is 2.78. The van der Waals surface area contributed by atoms with Gasteiger partial charge < -0.3 is 10.6 Å². The van der Waals surface area contributed by atoms with Crippen LogP contribution in [0.2, 0.25) is 0 Å². The van der Waals surface area contributed by atoms with E-state index in [1.54, 1.807) is 0 Å². The Labute approximate surface area is 137 Å². The average molecular weight is 334 g/mol. The number of β-lactam (4-membered cyclic amide) rings is 1. The molecular weight excluding hydrogens is 317 g/mol. The molecule has 1 amide bonds. The van der Waals surface area contributed by atoms with Crippen molar-refractivity contribution in [2.75, 3.05) is 4.90 Å². The minimum atomic E-state index is -4.38. The number of hydrogen-bond acceptors (Lipinski definition) is 2. The second-order valence-corrected chi connectivity index (χ2v) is 5.82. The number of carbonyl (C=O) groups is 1. The Morgan fingerprint density at radius 2 is 1.62 bits per heavy atom. The lowest BCUT2D eigenvalue weighted by Gasteiger charge is -2.45. The molecule has 0 aromatic heterocycles. The van der Waals surface area contributed by atoms with Crippen LogP contribution in [0.5, 0.6) is 0 Å². The first-order valence-electron chi connectivity index (χ1n) is 7.67. The first-order valence-corrected chi connectivity index (χ1v) is 7.67. The van der Waals surface area contributed by atoms with Gasteiger partial charge in [0.1, 0.15) is 6.04 Å². The standard InChI is InChI=1S/C18H17F3N2O/c1-2-11-3-9-14(10-4-11)23-16(15(22)17(23)24)12-5-7-13(8-6-12)18(19,20)21/h3-10,15-16H,2,22H2,1H3/t15-,16+/m0/s1. The van der Waals surface area contributed by atoms with Crippen molar-refractivity contribution in [1.82, 2.24) is 0 Å². The minimum absolute atomic E-state index is 0.232. The van der Waals surface area contributed by atoms with Crippen LogP contribution in [0.4, 0.5) is 18.9 Å². The smallest absolute Gasteiger partial charge is 0.318 e. The quantitative estimate of drug-likeness (QED) is 0.871. The zero-order valence-corrected chi connectivity index (χ0v) is 13.0. The highest BCUT2D eigenvalue weighted by Crippen LogP contribution is 2.39. The van der Waals surface area contributed by atoms with Gasteiger partial charge in [-0.2, -0.15) is 13.2 Å². The van der Waals surface area contributed by atoms with Crippen molar-refractivity contribution in [3.05, 3.63) is 65.2 Å². The lowest BCUT2D eigenvalue weighted by Crippen LogP contribution is -2.63. The summed E-state index contributed by atoms with van der Waals surface area (Å²) >= 11 is 0. The fourth-order valence-electron chi connectivity index (χ4n) is 2.92. The molecule has 2 N–H and O–H groups in total. The Morgan fingerprint density at radius 1 is 1.04 bits per heavy atom. The summed E-state index contributed by atoms with van der Waals surface area (Å²) < 4.78 is 38.0. The molecule has 3 rings (SSSR count). The summed E-state index contributed by atoms with van der Waals surface area (Å²) in [4.78, 5) is 13.7. The highest BCUT2D eigenvalue weighted by Gasteiger charge is 2.46. The first-order chi connectivity index (χ1) is 11.3. The topological polar surface area (TPSA) is 46.3 Å². The van der Waals surface area contributed by atoms with Gasteiger partial charge in [0.05, 0.1) is 11.6 Å². The molecule has 1 aliphatic rings. The highest BCUT2D eigenvalue weighted by atomic mass is 19.4. The summed E-state index contributed by atoms with van der Waals surface area (Å²) in [7, 11) is 0. The largest absolute Gasteiger partial charge is 0.416 e. The molecule has 24 heavy (non-hydrogen) atoms. The van der Waals surface area contributed by atoms with Crippen molar-refractivity contribution in [3.8, 4) is 0 Å². The van der Waals surface area contributed by atoms with Gasteiger partial charge in [-0.05, 0) is 41.8 Å². The van der Waals surface area contributed by atoms with E-state index in [0.29, 0.717) is 11.3 Å². The van der Waals surface area contributed by atoms with Crippen molar-refractivity contribution in [2.24, 2.45) is 5.73 Å². The van der Waals surface area contributed by atoms with Gasteiger partial charge in [0.2, 0.25) is 5.91 Å². The van der Waals surface area contributed by atoms with E-state index in [0.717, 1.165) is 24.1 Å². The molecule has 2 aromatic carbocycles. The summed E-state index contributed by atoms with van der Waals surface area (Å²) in [5.41, 5.74) is 7.61. The number of carbonyl (C=O) groups excluding carboxylic acids is 1. The number of aryl methyl sites for hydroxylation is 1. The van der Waals surface area contributed by atoms with Gasteiger partial charge in [0.15, 0.2) is 0 Å². The van der Waals surface area contributed by atoms with Gasteiger partial charge in [0, 0.05) is 5.69 Å². The van der Waals surface area contributed by atoms with E-state index in [4.69, 9.17) is 5.73 Å². The van der Waals surface area contributed by atoms with E-state index in [9.17, 15) is 18.0 Å². The molecule has 2 atom stereocenters. The van der Waals surface area contributed by atoms with Crippen molar-refractivity contribution < 1.29 is 18.0 Å². The van der Waals surface area contributed by atoms with E-state index < -0.39 is 23.8 Å². The maximum Gasteiger partial charge on any atom is 0.416 e. The van der Waals surface area contributed by atoms with Gasteiger partial charge in [-0.1, -0.05) is 31.2 Å². The molecule has 1 heterocycles. The molecule has 1 fully saturated rings. The number of nitrogens with two attached hydrogens (primary N) is 1. The van der Waals surface area contributed by atoms with Crippen LogP contribution in [-0.2, 0) is 17.4 Å². The summed E-state index contributed by atoms with van der Waals surface area (Å²) in [6.07, 6.45) is -3.50. The van der Waals surface area contributed by atoms with Crippen LogP contribution in [0.1, 0.15) is 29.7 Å². The molecule has 0 bridgehead atoms. The molecule has 0 spiro atoms. The van der Waals surface area contributed by atoms with Crippen molar-refractivity contribution in [2.45, 2.75) is 31.6 Å². The third-order valence-electron chi connectivity index (χ3n) is 4.34. The Morgan fingerprint density at radius 3 is 2.12 bits per heavy atom. The summed E-state index contributed by atoms with van der Waals surface area (Å²) in [6, 6.07) is 11.1. The Bertz CT molecular complexity index is 738. The van der Waals surface area contributed by atoms with Crippen LogP contribution in [0.25, 0.3) is 0 Å². The number of rotatable bonds is 3. The van der Waals surface area contributed by atoms with Gasteiger partial charge in [-0.25, -0.2) is 0 Å². The maximum absolute atomic E-state index is 12.7. The van der Waals surface area contributed by atoms with Crippen molar-refractivity contribution in [1.29, 1.82) is 0 Å². The molecule has 1 saturated heterocycles. The lowest BCUT2D eigenvalue weighted by molar-refractivity contribution is -0.137. The van der Waals surface area contributed by atoms with E-state index in [2.05, 4.69) is 0 Å². The number of amides is 1. The van der Waals surface area contributed by atoms with E-state index in [1.165, 1.54) is 17.0 Å². The average Bonchev–Trinajstić information content (AvgIpc) is 2.58. The van der Waals surface area contributed by atoms with Crippen LogP contribution in [-0.4, -0.2) is 11.9 Å². The molecule has 0 unspecified atom stereocenters. The first kappa shape index (κ1) is 16.5. The normalized spacial score (nSPS) is 20.9. The van der Waals surface area contributed by atoms with Gasteiger partial charge in [-0.15, -0.1) is 0 Å². The third-order valence-corrected chi connectivity index (χ3v) is 4.34. The van der Waals surface area contributed by atoms with Crippen LogP contribution in [0.3, 0.4) is 0 Å². The van der Waals surface area contributed by atoms with Crippen LogP contribution < -0.4 is 10.6 Å². The monoisotopic (exact) mass is 334 g/mol. The van der Waals surface area contributed by atoms with Gasteiger partial charge in [-0.3, -0.25) is 4.79 Å². The molecule has 0 aliphatic carbocycles. The lowest BCUT2D eigenvalue weighted by atomic mass is 9.88. The predicted molar refractivity (Wildman–Crippen MR) is 85.5 cm³/mol. The van der Waals surface area contributed by atoms with Crippen molar-refractivity contribution >= 4 is 11.6 Å². The number of benzene rings is 2. The van der Waals surface area contributed by atoms with Crippen molar-refractivity contribution in [3.63, 3.8) is 0 Å². The summed E-state index contributed by atoms with van der Waals surface area (Å²) in [5, 5.41) is 0. The number of nitrogens with zero attached hydrogens (tertiary/aromatic N) is 1.